The van der Waals surface area contributed by atoms with E-state index in [0.29, 0.717) is 25.8 Å². The molecule has 1 aromatic rings. The first-order chi connectivity index (χ1) is 16.5. The van der Waals surface area contributed by atoms with Gasteiger partial charge in [-0.25, -0.2) is 0 Å². The van der Waals surface area contributed by atoms with Gasteiger partial charge in [0.05, 0.1) is 30.1 Å². The van der Waals surface area contributed by atoms with E-state index in [1.54, 1.807) is 4.90 Å². The second kappa shape index (κ2) is 9.54. The number of hydrogen-bond donors (Lipinski definition) is 3. The lowest BCUT2D eigenvalue weighted by atomic mass is 9.66. The molecule has 3 N–H and O–H groups in total. The minimum Gasteiger partial charge on any atom is -0.394 e. The van der Waals surface area contributed by atoms with Gasteiger partial charge in [-0.1, -0.05) is 44.2 Å². The summed E-state index contributed by atoms with van der Waals surface area (Å²) >= 11 is 0. The van der Waals surface area contributed by atoms with Gasteiger partial charge in [0.25, 0.3) is 0 Å². The van der Waals surface area contributed by atoms with Crippen LogP contribution in [0, 0.1) is 17.8 Å². The van der Waals surface area contributed by atoms with E-state index < -0.39 is 35.1 Å². The number of aliphatic hydroxyl groups is 1. The normalized spacial score (nSPS) is 32.3. The summed E-state index contributed by atoms with van der Waals surface area (Å²) in [7, 11) is 0. The Morgan fingerprint density at radius 1 is 1.14 bits per heavy atom. The van der Waals surface area contributed by atoms with Crippen molar-refractivity contribution in [2.24, 2.45) is 17.8 Å². The largest absolute Gasteiger partial charge is 0.394 e. The smallest absolute Gasteiger partial charge is 0.246 e. The molecule has 0 radical (unpaired) electrons. The Balaban J connectivity index is 1.69. The van der Waals surface area contributed by atoms with Crippen molar-refractivity contribution in [2.75, 3.05) is 6.61 Å². The van der Waals surface area contributed by atoms with E-state index in [-0.39, 0.29) is 36.3 Å². The van der Waals surface area contributed by atoms with E-state index in [1.165, 1.54) is 0 Å². The quantitative estimate of drug-likeness (QED) is 0.496. The molecule has 6 atom stereocenters. The Hall–Kier alpha value is -2.45. The van der Waals surface area contributed by atoms with Gasteiger partial charge in [0.15, 0.2) is 0 Å². The highest BCUT2D eigenvalue weighted by molar-refractivity contribution is 5.99. The first-order valence-corrected chi connectivity index (χ1v) is 12.8. The molecular weight excluding hydrogens is 446 g/mol. The summed E-state index contributed by atoms with van der Waals surface area (Å²) < 4.78 is 6.61. The van der Waals surface area contributed by atoms with Crippen LogP contribution in [-0.2, 0) is 25.7 Å². The molecule has 2 unspecified atom stereocenters. The molecule has 0 saturated carbocycles. The molecule has 3 saturated heterocycles. The average Bonchev–Trinajstić information content (AvgIpc) is 3.36. The molecule has 8 nitrogen and oxygen atoms in total. The lowest BCUT2D eigenvalue weighted by Gasteiger charge is -2.38. The molecule has 3 aliphatic rings. The van der Waals surface area contributed by atoms with Gasteiger partial charge in [0.2, 0.25) is 17.7 Å². The van der Waals surface area contributed by atoms with Gasteiger partial charge in [-0.2, -0.15) is 0 Å². The molecule has 0 aliphatic carbocycles. The fraction of sp³-hybridized carbons (Fsp3) is 0.667. The van der Waals surface area contributed by atoms with Crippen molar-refractivity contribution in [3.63, 3.8) is 0 Å². The highest BCUT2D eigenvalue weighted by atomic mass is 16.5. The maximum Gasteiger partial charge on any atom is 0.246 e. The number of aliphatic hydroxyl groups excluding tert-OH is 1. The molecule has 3 aliphatic heterocycles. The van der Waals surface area contributed by atoms with Gasteiger partial charge in [-0.05, 0) is 51.5 Å². The first kappa shape index (κ1) is 25.6. The fourth-order valence-electron chi connectivity index (χ4n) is 6.54. The molecule has 2 bridgehead atoms. The number of amides is 3. The Morgan fingerprint density at radius 3 is 2.43 bits per heavy atom. The zero-order valence-corrected chi connectivity index (χ0v) is 21.4. The maximum atomic E-state index is 14.1. The lowest BCUT2D eigenvalue weighted by Crippen LogP contribution is -2.59. The summed E-state index contributed by atoms with van der Waals surface area (Å²) in [6.45, 7) is 9.79. The molecule has 1 spiro atoms. The van der Waals surface area contributed by atoms with Crippen molar-refractivity contribution in [1.29, 1.82) is 0 Å². The molecule has 35 heavy (non-hydrogen) atoms. The highest BCUT2D eigenvalue weighted by Gasteiger charge is 2.78. The van der Waals surface area contributed by atoms with Gasteiger partial charge in [-0.15, -0.1) is 0 Å². The van der Waals surface area contributed by atoms with Crippen LogP contribution in [-0.4, -0.2) is 63.7 Å². The van der Waals surface area contributed by atoms with Crippen molar-refractivity contribution < 1.29 is 24.2 Å². The summed E-state index contributed by atoms with van der Waals surface area (Å²) in [5, 5.41) is 16.2. The Bertz CT molecular complexity index is 967. The predicted molar refractivity (Wildman–Crippen MR) is 131 cm³/mol. The number of hydrogen-bond acceptors (Lipinski definition) is 5. The molecule has 1 aromatic carbocycles. The van der Waals surface area contributed by atoms with E-state index in [9.17, 15) is 19.5 Å². The third-order valence-corrected chi connectivity index (χ3v) is 7.83. The van der Waals surface area contributed by atoms with Crippen LogP contribution in [0.5, 0.6) is 0 Å². The zero-order valence-electron chi connectivity index (χ0n) is 21.4. The van der Waals surface area contributed by atoms with Crippen LogP contribution < -0.4 is 10.6 Å². The summed E-state index contributed by atoms with van der Waals surface area (Å²) in [6.07, 6.45) is 1.67. The maximum absolute atomic E-state index is 14.1. The predicted octanol–water partition coefficient (Wildman–Crippen LogP) is 2.00. The molecule has 4 rings (SSSR count). The number of nitrogens with one attached hydrogen (secondary N) is 2. The number of carbonyl (C=O) groups excluding carboxylic acids is 3. The van der Waals surface area contributed by atoms with Crippen LogP contribution in [0.25, 0.3) is 0 Å². The van der Waals surface area contributed by atoms with E-state index in [4.69, 9.17) is 4.74 Å². The van der Waals surface area contributed by atoms with Crippen LogP contribution in [0.2, 0.25) is 0 Å². The number of likely N-dealkylation sites (tertiary alicyclic amines) is 1. The second-order valence-corrected chi connectivity index (χ2v) is 11.3. The van der Waals surface area contributed by atoms with E-state index in [2.05, 4.69) is 10.6 Å². The average molecular weight is 486 g/mol. The van der Waals surface area contributed by atoms with Crippen LogP contribution in [0.4, 0.5) is 0 Å². The monoisotopic (exact) mass is 485 g/mol. The summed E-state index contributed by atoms with van der Waals surface area (Å²) in [4.78, 5) is 42.7. The van der Waals surface area contributed by atoms with Gasteiger partial charge in [0, 0.05) is 12.6 Å². The molecular formula is C27H39N3O5. The van der Waals surface area contributed by atoms with Crippen molar-refractivity contribution in [3.8, 4) is 0 Å². The number of ether oxygens (including phenoxy) is 1. The number of rotatable bonds is 9. The van der Waals surface area contributed by atoms with Crippen LogP contribution in [0.1, 0.15) is 59.4 Å². The van der Waals surface area contributed by atoms with Crippen LogP contribution in [0.15, 0.2) is 30.3 Å². The molecule has 3 heterocycles. The molecule has 3 amide bonds. The SMILES string of the molecule is CC(C)C[C@H](CO)N1C(=O)[C@@H]2[C@@H](C(=O)NCc3ccccc3)[C@@]3(C)CCC2(O3)C1C(=O)NC(C)C. The minimum absolute atomic E-state index is 0.119. The minimum atomic E-state index is -1.08. The number of nitrogens with zero attached hydrogens (tertiary/aromatic N) is 1. The summed E-state index contributed by atoms with van der Waals surface area (Å²) in [5.41, 5.74) is -0.934. The van der Waals surface area contributed by atoms with Crippen molar-refractivity contribution in [3.05, 3.63) is 35.9 Å². The fourth-order valence-corrected chi connectivity index (χ4v) is 6.54. The van der Waals surface area contributed by atoms with Crippen molar-refractivity contribution in [1.82, 2.24) is 15.5 Å². The van der Waals surface area contributed by atoms with E-state index >= 15 is 0 Å². The number of fused-ring (bicyclic) bond motifs is 1. The standard InChI is InChI=1S/C27H39N3O5/c1-16(2)13-19(15-31)30-22(24(33)29-17(3)4)27-12-11-26(5,35-27)20(21(27)25(30)34)23(32)28-14-18-9-7-6-8-10-18/h6-10,16-17,19-22,31H,11-15H2,1-5H3,(H,28,32)(H,29,33)/t19-,20+,21+,22?,26-,27?/m1/s1. The highest BCUT2D eigenvalue weighted by Crippen LogP contribution is 2.63. The van der Waals surface area contributed by atoms with Gasteiger partial charge >= 0.3 is 0 Å². The van der Waals surface area contributed by atoms with Gasteiger partial charge < -0.3 is 25.4 Å². The lowest BCUT2D eigenvalue weighted by molar-refractivity contribution is -0.150. The van der Waals surface area contributed by atoms with Crippen molar-refractivity contribution in [2.45, 2.75) is 89.8 Å². The Morgan fingerprint density at radius 2 is 1.83 bits per heavy atom. The van der Waals surface area contributed by atoms with Crippen molar-refractivity contribution >= 4 is 17.7 Å². The summed E-state index contributed by atoms with van der Waals surface area (Å²) in [6, 6.07) is 8.10. The summed E-state index contributed by atoms with van der Waals surface area (Å²) in [5.74, 6) is -2.03. The van der Waals surface area contributed by atoms with E-state index in [1.807, 2.05) is 65.0 Å². The molecule has 192 valence electrons. The Kier molecular flexibility index (Phi) is 6.99. The Labute approximate surface area is 207 Å². The topological polar surface area (TPSA) is 108 Å². The third kappa shape index (κ3) is 4.35. The number of benzene rings is 1. The molecule has 8 heteroatoms. The zero-order chi connectivity index (χ0) is 25.5. The van der Waals surface area contributed by atoms with Gasteiger partial charge in [-0.3, -0.25) is 14.4 Å². The third-order valence-electron chi connectivity index (χ3n) is 7.83. The van der Waals surface area contributed by atoms with Crippen LogP contribution >= 0.6 is 0 Å². The molecule has 0 aromatic heterocycles. The van der Waals surface area contributed by atoms with Gasteiger partial charge in [0.1, 0.15) is 11.6 Å². The van der Waals surface area contributed by atoms with Crippen LogP contribution in [0.3, 0.4) is 0 Å². The first-order valence-electron chi connectivity index (χ1n) is 12.8. The number of carbonyl (C=O) groups is 3. The molecule has 3 fully saturated rings. The van der Waals surface area contributed by atoms with E-state index in [0.717, 1.165) is 5.56 Å². The second-order valence-electron chi connectivity index (χ2n) is 11.3.